The van der Waals surface area contributed by atoms with Gasteiger partial charge in [-0.15, -0.1) is 0 Å². The number of nitrogens with two attached hydrogens (primary N) is 1. The summed E-state index contributed by atoms with van der Waals surface area (Å²) in [6, 6.07) is 7.32. The molecule has 5 N–H and O–H groups in total. The van der Waals surface area contributed by atoms with Crippen LogP contribution in [-0.4, -0.2) is 72.9 Å². The molecule has 0 fully saturated rings. The summed E-state index contributed by atoms with van der Waals surface area (Å²) in [6.07, 6.45) is 4.28. The zero-order valence-electron chi connectivity index (χ0n) is 19.3. The third-order valence-corrected chi connectivity index (χ3v) is 5.45. The molecule has 0 saturated heterocycles. The van der Waals surface area contributed by atoms with Crippen LogP contribution in [0.15, 0.2) is 24.3 Å². The van der Waals surface area contributed by atoms with Crippen molar-refractivity contribution in [2.45, 2.75) is 51.0 Å². The monoisotopic (exact) mass is 478 g/mol. The van der Waals surface area contributed by atoms with E-state index in [1.165, 1.54) is 0 Å². The normalized spacial score (nSPS) is 14.2. The van der Waals surface area contributed by atoms with E-state index in [-0.39, 0.29) is 25.0 Å². The van der Waals surface area contributed by atoms with Crippen molar-refractivity contribution in [3.05, 3.63) is 24.3 Å². The van der Waals surface area contributed by atoms with Crippen molar-refractivity contribution < 1.29 is 43.1 Å². The minimum Gasteiger partial charge on any atom is -0.870 e. The third kappa shape index (κ3) is 16.0. The van der Waals surface area contributed by atoms with Gasteiger partial charge in [0, 0.05) is 5.69 Å². The molecular formula is C21H39N2O8P. The van der Waals surface area contributed by atoms with Crippen LogP contribution in [0.5, 0.6) is 5.75 Å². The summed E-state index contributed by atoms with van der Waals surface area (Å²) in [4.78, 5) is 20.9. The van der Waals surface area contributed by atoms with Gasteiger partial charge in [-0.05, 0) is 37.1 Å². The van der Waals surface area contributed by atoms with Crippen LogP contribution in [0, 0.1) is 0 Å². The van der Waals surface area contributed by atoms with E-state index in [2.05, 4.69) is 0 Å². The lowest BCUT2D eigenvalue weighted by molar-refractivity contribution is -0.873. The van der Waals surface area contributed by atoms with E-state index in [9.17, 15) is 14.3 Å². The molecule has 1 aromatic carbocycles. The van der Waals surface area contributed by atoms with E-state index in [0.717, 1.165) is 37.9 Å². The Kier molecular flexibility index (Phi) is 14.4. The number of hydrogen-bond acceptors (Lipinski definition) is 7. The van der Waals surface area contributed by atoms with Crippen LogP contribution in [-0.2, 0) is 18.4 Å². The van der Waals surface area contributed by atoms with Crippen molar-refractivity contribution in [2.75, 3.05) is 46.6 Å². The highest BCUT2D eigenvalue weighted by Crippen LogP contribution is 2.45. The first-order chi connectivity index (χ1) is 14.5. The second-order valence-electron chi connectivity index (χ2n) is 8.64. The van der Waals surface area contributed by atoms with Crippen LogP contribution < -0.4 is 10.5 Å². The molecule has 0 aliphatic carbocycles. The Morgan fingerprint density at radius 1 is 1.03 bits per heavy atom. The Morgan fingerprint density at radius 3 is 2.09 bits per heavy atom. The maximum Gasteiger partial charge on any atom is 0.472 e. The summed E-state index contributed by atoms with van der Waals surface area (Å²) in [5, 5.41) is 8.98. The van der Waals surface area contributed by atoms with Crippen LogP contribution in [0.4, 0.5) is 5.69 Å². The summed E-state index contributed by atoms with van der Waals surface area (Å²) in [5.41, 5.74) is 6.34. The molecule has 11 heteroatoms. The lowest BCUT2D eigenvalue weighted by atomic mass is 10.1. The number of benzene rings is 1. The topological polar surface area (TPSA) is 158 Å². The summed E-state index contributed by atoms with van der Waals surface area (Å²) >= 11 is 0. The van der Waals surface area contributed by atoms with Crippen molar-refractivity contribution in [1.82, 2.24) is 0 Å². The number of nitrogen functional groups attached to an aromatic ring is 1. The van der Waals surface area contributed by atoms with E-state index >= 15 is 0 Å². The molecule has 32 heavy (non-hydrogen) atoms. The number of phosphoric ester groups is 1. The van der Waals surface area contributed by atoms with Crippen LogP contribution in [0.25, 0.3) is 0 Å². The highest BCUT2D eigenvalue weighted by atomic mass is 31.2. The zero-order valence-corrected chi connectivity index (χ0v) is 20.2. The third-order valence-electron chi connectivity index (χ3n) is 4.38. The molecule has 2 atom stereocenters. The lowest BCUT2D eigenvalue weighted by Crippen LogP contribution is -2.42. The standard InChI is InChI=1S/C21H37N2O7P.H2O/c1-23(2,3)17-20(16-21(24)25)30-31(26,27)29-15-9-7-5-4-6-8-14-28-19-12-10-18(22)11-13-19;/h10-13,20H,4-9,14-17,22H2,1-3H3,(H-,24,25,26,27);1H2/t20-;/m1./s1. The highest BCUT2D eigenvalue weighted by Gasteiger charge is 2.31. The number of phosphoric acid groups is 1. The predicted molar refractivity (Wildman–Crippen MR) is 122 cm³/mol. The van der Waals surface area contributed by atoms with Gasteiger partial charge in [-0.2, -0.15) is 0 Å². The number of likely N-dealkylation sites (N-methyl/N-ethyl adjacent to an activating group) is 1. The largest absolute Gasteiger partial charge is 0.870 e. The molecule has 0 aliphatic rings. The molecule has 1 unspecified atom stereocenters. The molecule has 10 nitrogen and oxygen atoms in total. The van der Waals surface area contributed by atoms with Crippen molar-refractivity contribution >= 4 is 19.5 Å². The van der Waals surface area contributed by atoms with Crippen molar-refractivity contribution in [3.8, 4) is 5.75 Å². The van der Waals surface area contributed by atoms with Gasteiger partial charge in [0.25, 0.3) is 0 Å². The van der Waals surface area contributed by atoms with Gasteiger partial charge in [0.1, 0.15) is 18.4 Å². The first-order valence-corrected chi connectivity index (χ1v) is 12.1. The molecule has 1 rings (SSSR count). The van der Waals surface area contributed by atoms with Gasteiger partial charge in [0.05, 0.1) is 40.8 Å². The summed E-state index contributed by atoms with van der Waals surface area (Å²) in [5.74, 6) is -0.272. The fourth-order valence-corrected chi connectivity index (χ4v) is 3.94. The summed E-state index contributed by atoms with van der Waals surface area (Å²) < 4.78 is 28.3. The molecule has 0 bridgehead atoms. The first kappa shape index (κ1) is 30.3. The van der Waals surface area contributed by atoms with E-state index < -0.39 is 19.9 Å². The Labute approximate surface area is 190 Å². The van der Waals surface area contributed by atoms with E-state index in [1.807, 2.05) is 45.4 Å². The molecule has 0 aromatic heterocycles. The number of carboxylic acids is 1. The number of aliphatic carboxylic acids is 1. The number of anilines is 1. The number of nitrogens with zero attached hydrogens (tertiary/aromatic N) is 1. The Bertz CT molecular complexity index is 694. The van der Waals surface area contributed by atoms with Gasteiger partial charge in [-0.3, -0.25) is 13.8 Å². The maximum atomic E-state index is 12.1. The summed E-state index contributed by atoms with van der Waals surface area (Å²) in [6.45, 7) is 1.03. The van der Waals surface area contributed by atoms with Gasteiger partial charge in [0.2, 0.25) is 0 Å². The van der Waals surface area contributed by atoms with Gasteiger partial charge in [-0.25, -0.2) is 4.57 Å². The minimum atomic E-state index is -4.29. The lowest BCUT2D eigenvalue weighted by Gasteiger charge is -2.29. The van der Waals surface area contributed by atoms with Crippen LogP contribution in [0.1, 0.15) is 44.9 Å². The second-order valence-corrected chi connectivity index (χ2v) is 10.0. The van der Waals surface area contributed by atoms with E-state index in [4.69, 9.17) is 24.6 Å². The van der Waals surface area contributed by atoms with E-state index in [0.29, 0.717) is 23.2 Å². The first-order valence-electron chi connectivity index (χ1n) is 10.6. The number of quaternary nitrogens is 1. The molecule has 186 valence electrons. The fraction of sp³-hybridized carbons (Fsp3) is 0.667. The Hall–Kier alpha value is -1.68. The van der Waals surface area contributed by atoms with Crippen LogP contribution >= 0.6 is 7.82 Å². The van der Waals surface area contributed by atoms with Gasteiger partial charge in [-0.1, -0.05) is 25.7 Å². The maximum absolute atomic E-state index is 12.1. The zero-order chi connectivity index (χ0) is 23.3. The minimum absolute atomic E-state index is 0. The molecule has 0 aliphatic heterocycles. The fourth-order valence-electron chi connectivity index (χ4n) is 3.00. The highest BCUT2D eigenvalue weighted by molar-refractivity contribution is 7.47. The smallest absolute Gasteiger partial charge is 0.472 e. The molecule has 0 heterocycles. The SMILES string of the molecule is C[N+](C)(C)C[C@@H](CC(=O)O)OP(=O)(O)OCCCCCCCCOc1ccc(N)cc1.[OH-]. The Morgan fingerprint density at radius 2 is 1.56 bits per heavy atom. The van der Waals surface area contributed by atoms with Gasteiger partial charge < -0.3 is 30.4 Å². The van der Waals surface area contributed by atoms with E-state index in [1.54, 1.807) is 0 Å². The average molecular weight is 479 g/mol. The van der Waals surface area contributed by atoms with Crippen molar-refractivity contribution in [3.63, 3.8) is 0 Å². The molecule has 1 aromatic rings. The molecule has 0 amide bonds. The van der Waals surface area contributed by atoms with Gasteiger partial charge >= 0.3 is 13.8 Å². The van der Waals surface area contributed by atoms with Gasteiger partial charge in [0.15, 0.2) is 0 Å². The number of hydrogen-bond donors (Lipinski definition) is 3. The number of unbranched alkanes of at least 4 members (excludes halogenated alkanes) is 5. The predicted octanol–water partition coefficient (Wildman–Crippen LogP) is 3.49. The quantitative estimate of drug-likeness (QED) is 0.132. The number of carboxylic acid groups (broad SMARTS) is 1. The molecule has 0 radical (unpaired) electrons. The van der Waals surface area contributed by atoms with Crippen molar-refractivity contribution in [2.24, 2.45) is 0 Å². The molecular weight excluding hydrogens is 439 g/mol. The number of ether oxygens (including phenoxy) is 1. The summed E-state index contributed by atoms with van der Waals surface area (Å²) in [7, 11) is 1.27. The molecule has 0 saturated carbocycles. The molecule has 0 spiro atoms. The van der Waals surface area contributed by atoms with Crippen LogP contribution in [0.3, 0.4) is 0 Å². The van der Waals surface area contributed by atoms with Crippen LogP contribution in [0.2, 0.25) is 0 Å². The number of carbonyl (C=O) groups is 1. The van der Waals surface area contributed by atoms with Crippen molar-refractivity contribution in [1.29, 1.82) is 0 Å². The average Bonchev–Trinajstić information content (AvgIpc) is 2.62. The Balaban J connectivity index is 0.00000961. The number of rotatable bonds is 17. The second kappa shape index (κ2) is 15.2.